The molecule has 1 fully saturated rings. The summed E-state index contributed by atoms with van der Waals surface area (Å²) in [4.78, 5) is 18.4. The molecule has 2 heterocycles. The van der Waals surface area contributed by atoms with Gasteiger partial charge in [-0.3, -0.25) is 4.79 Å². The van der Waals surface area contributed by atoms with Gasteiger partial charge in [-0.25, -0.2) is 4.98 Å². The Balaban J connectivity index is 0.00000192. The summed E-state index contributed by atoms with van der Waals surface area (Å²) in [5, 5.41) is 3.23. The molecule has 1 aliphatic rings. The molecule has 122 valence electrons. The smallest absolute Gasteiger partial charge is 0.255 e. The van der Waals surface area contributed by atoms with Crippen molar-refractivity contribution in [3.8, 4) is 11.6 Å². The van der Waals surface area contributed by atoms with Crippen LogP contribution in [0.4, 0.5) is 0 Å². The van der Waals surface area contributed by atoms with Gasteiger partial charge in [-0.05, 0) is 24.3 Å². The molecular formula is C16H17BrClN3O2. The zero-order chi connectivity index (χ0) is 15.4. The van der Waals surface area contributed by atoms with Crippen LogP contribution in [0.5, 0.6) is 11.6 Å². The van der Waals surface area contributed by atoms with Crippen LogP contribution in [0, 0.1) is 0 Å². The van der Waals surface area contributed by atoms with E-state index in [2.05, 4.69) is 26.2 Å². The number of amides is 1. The molecule has 0 atom stereocenters. The van der Waals surface area contributed by atoms with Gasteiger partial charge in [-0.15, -0.1) is 12.4 Å². The minimum Gasteiger partial charge on any atom is -0.439 e. The van der Waals surface area contributed by atoms with Crippen LogP contribution in [0.3, 0.4) is 0 Å². The molecule has 0 unspecified atom stereocenters. The van der Waals surface area contributed by atoms with Crippen molar-refractivity contribution in [3.05, 3.63) is 52.6 Å². The Morgan fingerprint density at radius 2 is 2.00 bits per heavy atom. The van der Waals surface area contributed by atoms with Gasteiger partial charge in [0.2, 0.25) is 5.88 Å². The number of carbonyl (C=O) groups excluding carboxylic acids is 1. The van der Waals surface area contributed by atoms with Crippen molar-refractivity contribution in [1.29, 1.82) is 0 Å². The van der Waals surface area contributed by atoms with Gasteiger partial charge in [0.05, 0.1) is 5.56 Å². The Morgan fingerprint density at radius 3 is 2.65 bits per heavy atom. The summed E-state index contributed by atoms with van der Waals surface area (Å²) >= 11 is 3.39. The lowest BCUT2D eigenvalue weighted by molar-refractivity contribution is 0.0735. The predicted octanol–water partition coefficient (Wildman–Crippen LogP) is 3.10. The van der Waals surface area contributed by atoms with Crippen LogP contribution in [-0.4, -0.2) is 42.0 Å². The maximum atomic E-state index is 12.3. The summed E-state index contributed by atoms with van der Waals surface area (Å²) < 4.78 is 6.60. The molecule has 2 aromatic rings. The number of benzene rings is 1. The van der Waals surface area contributed by atoms with E-state index in [9.17, 15) is 4.79 Å². The molecule has 3 rings (SSSR count). The van der Waals surface area contributed by atoms with E-state index in [-0.39, 0.29) is 18.3 Å². The van der Waals surface area contributed by atoms with Crippen LogP contribution in [0.2, 0.25) is 0 Å². The maximum Gasteiger partial charge on any atom is 0.255 e. The third kappa shape index (κ3) is 4.67. The maximum absolute atomic E-state index is 12.3. The Morgan fingerprint density at radius 1 is 1.22 bits per heavy atom. The van der Waals surface area contributed by atoms with Crippen LogP contribution in [0.15, 0.2) is 47.1 Å². The number of halogens is 2. The van der Waals surface area contributed by atoms with Crippen molar-refractivity contribution < 1.29 is 9.53 Å². The molecule has 0 aliphatic carbocycles. The fourth-order valence-electron chi connectivity index (χ4n) is 2.27. The number of nitrogens with one attached hydrogen (secondary N) is 1. The summed E-state index contributed by atoms with van der Waals surface area (Å²) in [5.74, 6) is 1.18. The van der Waals surface area contributed by atoms with Crippen molar-refractivity contribution >= 4 is 34.2 Å². The van der Waals surface area contributed by atoms with Gasteiger partial charge in [0.15, 0.2) is 0 Å². The summed E-state index contributed by atoms with van der Waals surface area (Å²) in [6, 6.07) is 11.0. The molecule has 1 aromatic heterocycles. The summed E-state index contributed by atoms with van der Waals surface area (Å²) in [7, 11) is 0. The average molecular weight is 399 g/mol. The second kappa shape index (κ2) is 8.29. The highest BCUT2D eigenvalue weighted by Crippen LogP contribution is 2.23. The van der Waals surface area contributed by atoms with Crippen molar-refractivity contribution in [2.45, 2.75) is 0 Å². The molecule has 5 nitrogen and oxygen atoms in total. The fraction of sp³-hybridized carbons (Fsp3) is 0.250. The molecule has 0 saturated carbocycles. The SMILES string of the molecule is Cl.O=C(c1ccc(Oc2cccc(Br)c2)nc1)N1CCNCC1. The molecule has 0 bridgehead atoms. The fourth-order valence-corrected chi connectivity index (χ4v) is 2.65. The van der Waals surface area contributed by atoms with E-state index in [4.69, 9.17) is 4.74 Å². The quantitative estimate of drug-likeness (QED) is 0.863. The normalized spacial score (nSPS) is 14.0. The van der Waals surface area contributed by atoms with Crippen LogP contribution in [0.25, 0.3) is 0 Å². The molecule has 0 radical (unpaired) electrons. The van der Waals surface area contributed by atoms with E-state index in [1.807, 2.05) is 29.2 Å². The number of hydrogen-bond donors (Lipinski definition) is 1. The van der Waals surface area contributed by atoms with Crippen LogP contribution in [-0.2, 0) is 0 Å². The van der Waals surface area contributed by atoms with Crippen LogP contribution >= 0.6 is 28.3 Å². The predicted molar refractivity (Wildman–Crippen MR) is 94.5 cm³/mol. The summed E-state index contributed by atoms with van der Waals surface area (Å²) in [6.45, 7) is 3.14. The number of pyridine rings is 1. The number of ether oxygens (including phenoxy) is 1. The first kappa shape index (κ1) is 17.7. The van der Waals surface area contributed by atoms with E-state index < -0.39 is 0 Å². The summed E-state index contributed by atoms with van der Waals surface area (Å²) in [6.07, 6.45) is 1.57. The first-order valence-electron chi connectivity index (χ1n) is 7.12. The molecule has 0 spiro atoms. The van der Waals surface area contributed by atoms with Crippen molar-refractivity contribution in [2.24, 2.45) is 0 Å². The number of piperazine rings is 1. The second-order valence-corrected chi connectivity index (χ2v) is 5.90. The van der Waals surface area contributed by atoms with Crippen molar-refractivity contribution in [2.75, 3.05) is 26.2 Å². The lowest BCUT2D eigenvalue weighted by atomic mass is 10.2. The monoisotopic (exact) mass is 397 g/mol. The van der Waals surface area contributed by atoms with Crippen LogP contribution < -0.4 is 10.1 Å². The number of nitrogens with zero attached hydrogens (tertiary/aromatic N) is 2. The number of rotatable bonds is 3. The van der Waals surface area contributed by atoms with E-state index in [0.717, 1.165) is 30.7 Å². The average Bonchev–Trinajstić information content (AvgIpc) is 2.56. The first-order chi connectivity index (χ1) is 10.7. The number of hydrogen-bond acceptors (Lipinski definition) is 4. The highest BCUT2D eigenvalue weighted by atomic mass is 79.9. The van der Waals surface area contributed by atoms with Gasteiger partial charge in [-0.1, -0.05) is 22.0 Å². The standard InChI is InChI=1S/C16H16BrN3O2.ClH/c17-13-2-1-3-14(10-13)22-15-5-4-12(11-19-15)16(21)20-8-6-18-7-9-20;/h1-5,10-11,18H,6-9H2;1H. The lowest BCUT2D eigenvalue weighted by Crippen LogP contribution is -2.46. The van der Waals surface area contributed by atoms with E-state index >= 15 is 0 Å². The molecular weight excluding hydrogens is 382 g/mol. The van der Waals surface area contributed by atoms with Gasteiger partial charge >= 0.3 is 0 Å². The minimum absolute atomic E-state index is 0. The third-order valence-corrected chi connectivity index (χ3v) is 3.90. The molecule has 23 heavy (non-hydrogen) atoms. The van der Waals surface area contributed by atoms with Gasteiger partial charge < -0.3 is 15.0 Å². The summed E-state index contributed by atoms with van der Waals surface area (Å²) in [5.41, 5.74) is 0.587. The Bertz CT molecular complexity index is 661. The number of carbonyl (C=O) groups is 1. The molecule has 7 heteroatoms. The van der Waals surface area contributed by atoms with Crippen molar-refractivity contribution in [3.63, 3.8) is 0 Å². The van der Waals surface area contributed by atoms with Crippen molar-refractivity contribution in [1.82, 2.24) is 15.2 Å². The molecule has 1 aromatic carbocycles. The van der Waals surface area contributed by atoms with E-state index in [0.29, 0.717) is 17.2 Å². The molecule has 1 saturated heterocycles. The van der Waals surface area contributed by atoms with E-state index in [1.54, 1.807) is 18.3 Å². The largest absolute Gasteiger partial charge is 0.439 e. The second-order valence-electron chi connectivity index (χ2n) is 4.99. The van der Waals surface area contributed by atoms with Gasteiger partial charge in [0, 0.05) is 42.9 Å². The topological polar surface area (TPSA) is 54.5 Å². The van der Waals surface area contributed by atoms with Crippen LogP contribution in [0.1, 0.15) is 10.4 Å². The molecule has 1 aliphatic heterocycles. The molecule has 1 N–H and O–H groups in total. The van der Waals surface area contributed by atoms with Gasteiger partial charge in [0.25, 0.3) is 5.91 Å². The number of aromatic nitrogens is 1. The molecule has 1 amide bonds. The van der Waals surface area contributed by atoms with Gasteiger partial charge in [-0.2, -0.15) is 0 Å². The highest BCUT2D eigenvalue weighted by molar-refractivity contribution is 9.10. The van der Waals surface area contributed by atoms with Gasteiger partial charge in [0.1, 0.15) is 5.75 Å². The Hall–Kier alpha value is -1.63. The third-order valence-electron chi connectivity index (χ3n) is 3.41. The first-order valence-corrected chi connectivity index (χ1v) is 7.91. The Labute approximate surface area is 149 Å². The lowest BCUT2D eigenvalue weighted by Gasteiger charge is -2.27. The van der Waals surface area contributed by atoms with E-state index in [1.165, 1.54) is 0 Å². The zero-order valence-corrected chi connectivity index (χ0v) is 14.8. The zero-order valence-electron chi connectivity index (χ0n) is 12.4. The Kier molecular flexibility index (Phi) is 6.38. The highest BCUT2D eigenvalue weighted by Gasteiger charge is 2.18. The minimum atomic E-state index is 0.